The lowest BCUT2D eigenvalue weighted by atomic mass is 9.83. The summed E-state index contributed by atoms with van der Waals surface area (Å²) in [7, 11) is 0. The van der Waals surface area contributed by atoms with Crippen LogP contribution in [0.1, 0.15) is 58.3 Å². The van der Waals surface area contributed by atoms with E-state index in [1.807, 2.05) is 36.4 Å². The first kappa shape index (κ1) is 26.4. The molecule has 6 nitrogen and oxygen atoms in total. The highest BCUT2D eigenvalue weighted by atomic mass is 16.5. The Morgan fingerprint density at radius 1 is 0.892 bits per heavy atom. The molecule has 3 aromatic carbocycles. The second-order valence-corrected chi connectivity index (χ2v) is 10.1. The quantitative estimate of drug-likeness (QED) is 0.319. The second kappa shape index (κ2) is 12.1. The molecular formula is C31H36N2O4. The molecule has 0 radical (unpaired) electrons. The number of aryl methyl sites for hydroxylation is 4. The van der Waals surface area contributed by atoms with Crippen LogP contribution in [0, 0.1) is 13.8 Å². The molecule has 1 saturated heterocycles. The van der Waals surface area contributed by atoms with Crippen LogP contribution in [0.2, 0.25) is 0 Å². The molecule has 0 unspecified atom stereocenters. The third-order valence-corrected chi connectivity index (χ3v) is 7.04. The standard InChI is InChI=1S/C31H36N2O4/c1-22-18-23(2)20-27(19-22)32-26-10-8-25(9-11-29(34)35)28(21-26)30(36)33-31(14-16-37-17-15-31)13-12-24-6-4-3-5-7-24/h3-8,10,18-21,32H,9,11-17H2,1-2H3,(H,33,36)(H,34,35). The fourth-order valence-corrected chi connectivity index (χ4v) is 5.07. The van der Waals surface area contributed by atoms with Crippen molar-refractivity contribution in [1.29, 1.82) is 0 Å². The maximum absolute atomic E-state index is 13.8. The summed E-state index contributed by atoms with van der Waals surface area (Å²) in [5.74, 6) is -1.05. The zero-order valence-electron chi connectivity index (χ0n) is 21.7. The smallest absolute Gasteiger partial charge is 0.303 e. The van der Waals surface area contributed by atoms with E-state index >= 15 is 0 Å². The van der Waals surface area contributed by atoms with E-state index in [2.05, 4.69) is 54.8 Å². The van der Waals surface area contributed by atoms with Crippen molar-refractivity contribution in [3.05, 3.63) is 94.5 Å². The van der Waals surface area contributed by atoms with E-state index in [1.54, 1.807) is 0 Å². The fourth-order valence-electron chi connectivity index (χ4n) is 5.07. The van der Waals surface area contributed by atoms with E-state index in [1.165, 1.54) is 5.56 Å². The molecule has 6 heteroatoms. The number of carbonyl (C=O) groups is 2. The van der Waals surface area contributed by atoms with E-state index in [4.69, 9.17) is 4.74 Å². The molecule has 0 spiro atoms. The van der Waals surface area contributed by atoms with Gasteiger partial charge in [-0.25, -0.2) is 0 Å². The number of carboxylic acids is 1. The van der Waals surface area contributed by atoms with Crippen LogP contribution < -0.4 is 10.6 Å². The number of carbonyl (C=O) groups excluding carboxylic acids is 1. The van der Waals surface area contributed by atoms with E-state index in [9.17, 15) is 14.7 Å². The van der Waals surface area contributed by atoms with Crippen LogP contribution in [-0.2, 0) is 22.4 Å². The van der Waals surface area contributed by atoms with Gasteiger partial charge in [-0.1, -0.05) is 42.5 Å². The molecule has 0 atom stereocenters. The Bertz CT molecular complexity index is 1210. The van der Waals surface area contributed by atoms with Gasteiger partial charge in [0.15, 0.2) is 0 Å². The summed E-state index contributed by atoms with van der Waals surface area (Å²) in [6.45, 7) is 5.31. The minimum Gasteiger partial charge on any atom is -0.481 e. The monoisotopic (exact) mass is 500 g/mol. The van der Waals surface area contributed by atoms with Gasteiger partial charge >= 0.3 is 5.97 Å². The van der Waals surface area contributed by atoms with Gasteiger partial charge in [-0.3, -0.25) is 9.59 Å². The highest BCUT2D eigenvalue weighted by molar-refractivity contribution is 5.97. The number of aliphatic carboxylic acids is 1. The molecule has 4 rings (SSSR count). The van der Waals surface area contributed by atoms with Gasteiger partial charge in [-0.15, -0.1) is 0 Å². The summed E-state index contributed by atoms with van der Waals surface area (Å²) in [4.78, 5) is 25.1. The van der Waals surface area contributed by atoms with Crippen molar-refractivity contribution < 1.29 is 19.4 Å². The summed E-state index contributed by atoms with van der Waals surface area (Å²) >= 11 is 0. The Balaban J connectivity index is 1.59. The van der Waals surface area contributed by atoms with Crippen molar-refractivity contribution in [2.75, 3.05) is 18.5 Å². The van der Waals surface area contributed by atoms with E-state index in [-0.39, 0.29) is 17.9 Å². The number of hydrogen-bond acceptors (Lipinski definition) is 4. The Kier molecular flexibility index (Phi) is 8.62. The predicted octanol–water partition coefficient (Wildman–Crippen LogP) is 5.98. The first-order valence-electron chi connectivity index (χ1n) is 13.0. The lowest BCUT2D eigenvalue weighted by Gasteiger charge is -2.38. The van der Waals surface area contributed by atoms with Gasteiger partial charge in [0, 0.05) is 42.1 Å². The largest absolute Gasteiger partial charge is 0.481 e. The maximum atomic E-state index is 13.8. The number of hydrogen-bond donors (Lipinski definition) is 3. The van der Waals surface area contributed by atoms with Gasteiger partial charge in [0.05, 0.1) is 0 Å². The Morgan fingerprint density at radius 2 is 1.59 bits per heavy atom. The van der Waals surface area contributed by atoms with Gasteiger partial charge < -0.3 is 20.5 Å². The zero-order valence-corrected chi connectivity index (χ0v) is 21.7. The van der Waals surface area contributed by atoms with Crippen LogP contribution >= 0.6 is 0 Å². The van der Waals surface area contributed by atoms with E-state index in [0.29, 0.717) is 25.2 Å². The van der Waals surface area contributed by atoms with Crippen molar-refractivity contribution in [2.45, 2.75) is 57.9 Å². The molecule has 1 amide bonds. The van der Waals surface area contributed by atoms with Gasteiger partial charge in [0.2, 0.25) is 0 Å². The number of carboxylic acid groups (broad SMARTS) is 1. The Labute approximate surface area is 219 Å². The van der Waals surface area contributed by atoms with Crippen LogP contribution in [0.25, 0.3) is 0 Å². The van der Waals surface area contributed by atoms with Crippen LogP contribution in [0.15, 0.2) is 66.7 Å². The van der Waals surface area contributed by atoms with Crippen molar-refractivity contribution in [3.63, 3.8) is 0 Å². The molecule has 194 valence electrons. The van der Waals surface area contributed by atoms with Crippen molar-refractivity contribution >= 4 is 23.3 Å². The predicted molar refractivity (Wildman–Crippen MR) is 147 cm³/mol. The van der Waals surface area contributed by atoms with E-state index < -0.39 is 5.97 Å². The molecule has 0 aromatic heterocycles. The summed E-state index contributed by atoms with van der Waals surface area (Å²) in [5, 5.41) is 16.0. The fraction of sp³-hybridized carbons (Fsp3) is 0.355. The van der Waals surface area contributed by atoms with Crippen LogP contribution in [0.5, 0.6) is 0 Å². The summed E-state index contributed by atoms with van der Waals surface area (Å²) in [6, 6.07) is 22.2. The molecular weight excluding hydrogens is 464 g/mol. The second-order valence-electron chi connectivity index (χ2n) is 10.1. The van der Waals surface area contributed by atoms with Crippen molar-refractivity contribution in [2.24, 2.45) is 0 Å². The van der Waals surface area contributed by atoms with Crippen LogP contribution in [0.4, 0.5) is 11.4 Å². The SMILES string of the molecule is Cc1cc(C)cc(Nc2ccc(CCC(=O)O)c(C(=O)NC3(CCc4ccccc4)CCOCC3)c2)c1. The average Bonchev–Trinajstić information content (AvgIpc) is 2.87. The number of amides is 1. The molecule has 1 aliphatic heterocycles. The summed E-state index contributed by atoms with van der Waals surface area (Å²) < 4.78 is 5.63. The molecule has 1 fully saturated rings. The molecule has 1 heterocycles. The number of rotatable bonds is 10. The van der Waals surface area contributed by atoms with Gasteiger partial charge in [-0.2, -0.15) is 0 Å². The third kappa shape index (κ3) is 7.43. The topological polar surface area (TPSA) is 87.7 Å². The molecule has 0 aliphatic carbocycles. The summed E-state index contributed by atoms with van der Waals surface area (Å²) in [5.41, 5.74) is 6.16. The molecule has 0 bridgehead atoms. The first-order valence-corrected chi connectivity index (χ1v) is 13.0. The molecule has 1 aliphatic rings. The Hall–Kier alpha value is -3.64. The zero-order chi connectivity index (χ0) is 26.3. The van der Waals surface area contributed by atoms with Gasteiger partial charge in [-0.05, 0) is 92.5 Å². The number of benzene rings is 3. The lowest BCUT2D eigenvalue weighted by molar-refractivity contribution is -0.136. The molecule has 37 heavy (non-hydrogen) atoms. The maximum Gasteiger partial charge on any atom is 0.303 e. The van der Waals surface area contributed by atoms with Crippen LogP contribution in [0.3, 0.4) is 0 Å². The molecule has 3 aromatic rings. The number of nitrogens with one attached hydrogen (secondary N) is 2. The van der Waals surface area contributed by atoms with Gasteiger partial charge in [0.25, 0.3) is 5.91 Å². The normalized spacial score (nSPS) is 14.6. The molecule has 0 saturated carbocycles. The number of ether oxygens (including phenoxy) is 1. The summed E-state index contributed by atoms with van der Waals surface area (Å²) in [6.07, 6.45) is 3.44. The lowest BCUT2D eigenvalue weighted by Crippen LogP contribution is -2.52. The van der Waals surface area contributed by atoms with Gasteiger partial charge in [0.1, 0.15) is 0 Å². The molecule has 3 N–H and O–H groups in total. The highest BCUT2D eigenvalue weighted by Crippen LogP contribution is 2.29. The highest BCUT2D eigenvalue weighted by Gasteiger charge is 2.34. The number of anilines is 2. The van der Waals surface area contributed by atoms with Crippen LogP contribution in [-0.4, -0.2) is 35.7 Å². The van der Waals surface area contributed by atoms with Crippen molar-refractivity contribution in [3.8, 4) is 0 Å². The first-order chi connectivity index (χ1) is 17.8. The van der Waals surface area contributed by atoms with E-state index in [0.717, 1.165) is 53.7 Å². The Morgan fingerprint density at radius 3 is 2.27 bits per heavy atom. The minimum atomic E-state index is -0.882. The minimum absolute atomic E-state index is 0.0306. The third-order valence-electron chi connectivity index (χ3n) is 7.04. The van der Waals surface area contributed by atoms with Crippen molar-refractivity contribution in [1.82, 2.24) is 5.32 Å². The average molecular weight is 501 g/mol.